The Morgan fingerprint density at radius 1 is 1.55 bits per heavy atom. The third-order valence-electron chi connectivity index (χ3n) is 3.36. The highest BCUT2D eigenvalue weighted by molar-refractivity contribution is 5.77. The Morgan fingerprint density at radius 3 is 3.15 bits per heavy atom. The molecule has 5 nitrogen and oxygen atoms in total. The van der Waals surface area contributed by atoms with Crippen molar-refractivity contribution in [3.8, 4) is 5.75 Å². The first-order valence-corrected chi connectivity index (χ1v) is 6.95. The molecule has 0 saturated carbocycles. The maximum atomic E-state index is 12.1. The number of hydrogen-bond donors (Lipinski definition) is 1. The standard InChI is InChI=1S/C15H21NO4/c1-2-12-4-3-5-13(8-12)20-11-15(18)16-6-7-19-14(9-16)10-17/h3-5,8,14,17H,2,6-7,9-11H2,1H3. The van der Waals surface area contributed by atoms with Crippen molar-refractivity contribution in [2.45, 2.75) is 19.4 Å². The average molecular weight is 279 g/mol. The first-order valence-electron chi connectivity index (χ1n) is 6.95. The Hall–Kier alpha value is -1.59. The number of aliphatic hydroxyl groups excluding tert-OH is 1. The molecule has 1 saturated heterocycles. The second kappa shape index (κ2) is 7.26. The van der Waals surface area contributed by atoms with Gasteiger partial charge in [-0.15, -0.1) is 0 Å². The number of aliphatic hydroxyl groups is 1. The molecule has 1 heterocycles. The van der Waals surface area contributed by atoms with Gasteiger partial charge in [-0.25, -0.2) is 0 Å². The summed E-state index contributed by atoms with van der Waals surface area (Å²) in [6, 6.07) is 7.75. The van der Waals surface area contributed by atoms with Gasteiger partial charge in [0, 0.05) is 13.1 Å². The lowest BCUT2D eigenvalue weighted by Gasteiger charge is -2.31. The van der Waals surface area contributed by atoms with Gasteiger partial charge in [-0.2, -0.15) is 0 Å². The van der Waals surface area contributed by atoms with Crippen LogP contribution in [-0.2, 0) is 16.0 Å². The van der Waals surface area contributed by atoms with E-state index in [4.69, 9.17) is 14.6 Å². The summed E-state index contributed by atoms with van der Waals surface area (Å²) in [6.45, 7) is 3.46. The first-order chi connectivity index (χ1) is 9.72. The van der Waals surface area contributed by atoms with Gasteiger partial charge < -0.3 is 19.5 Å². The summed E-state index contributed by atoms with van der Waals surface area (Å²) in [6.07, 6.45) is 0.656. The molecule has 5 heteroatoms. The number of aryl methyl sites for hydroxylation is 1. The van der Waals surface area contributed by atoms with E-state index in [-0.39, 0.29) is 25.2 Å². The van der Waals surface area contributed by atoms with Gasteiger partial charge in [0.25, 0.3) is 5.91 Å². The quantitative estimate of drug-likeness (QED) is 0.868. The molecule has 1 atom stereocenters. The number of benzene rings is 1. The van der Waals surface area contributed by atoms with E-state index < -0.39 is 0 Å². The van der Waals surface area contributed by atoms with E-state index in [9.17, 15) is 4.79 Å². The first kappa shape index (κ1) is 14.8. The van der Waals surface area contributed by atoms with Crippen molar-refractivity contribution < 1.29 is 19.4 Å². The molecular weight excluding hydrogens is 258 g/mol. The van der Waals surface area contributed by atoms with E-state index >= 15 is 0 Å². The van der Waals surface area contributed by atoms with Gasteiger partial charge in [-0.3, -0.25) is 4.79 Å². The largest absolute Gasteiger partial charge is 0.484 e. The van der Waals surface area contributed by atoms with Gasteiger partial charge in [-0.1, -0.05) is 19.1 Å². The number of carbonyl (C=O) groups is 1. The minimum Gasteiger partial charge on any atom is -0.484 e. The van der Waals surface area contributed by atoms with E-state index in [0.29, 0.717) is 25.4 Å². The maximum absolute atomic E-state index is 12.1. The molecule has 1 aliphatic heterocycles. The summed E-state index contributed by atoms with van der Waals surface area (Å²) >= 11 is 0. The van der Waals surface area contributed by atoms with Crippen LogP contribution in [0.2, 0.25) is 0 Å². The lowest BCUT2D eigenvalue weighted by Crippen LogP contribution is -2.48. The predicted octanol–water partition coefficient (Wildman–Crippen LogP) is 0.847. The zero-order chi connectivity index (χ0) is 14.4. The highest BCUT2D eigenvalue weighted by Gasteiger charge is 2.23. The Bertz CT molecular complexity index is 449. The number of amides is 1. The van der Waals surface area contributed by atoms with Crippen LogP contribution >= 0.6 is 0 Å². The van der Waals surface area contributed by atoms with Crippen LogP contribution in [0.5, 0.6) is 5.75 Å². The van der Waals surface area contributed by atoms with Crippen LogP contribution in [0.1, 0.15) is 12.5 Å². The molecule has 0 radical (unpaired) electrons. The summed E-state index contributed by atoms with van der Waals surface area (Å²) in [5, 5.41) is 9.06. The van der Waals surface area contributed by atoms with Gasteiger partial charge in [-0.05, 0) is 24.1 Å². The van der Waals surface area contributed by atoms with Crippen molar-refractivity contribution in [1.82, 2.24) is 4.90 Å². The molecular formula is C15H21NO4. The van der Waals surface area contributed by atoms with Crippen molar-refractivity contribution in [3.63, 3.8) is 0 Å². The molecule has 0 spiro atoms. The van der Waals surface area contributed by atoms with Crippen LogP contribution in [0.25, 0.3) is 0 Å². The molecule has 1 fully saturated rings. The van der Waals surface area contributed by atoms with E-state index in [1.807, 2.05) is 24.3 Å². The molecule has 0 bridgehead atoms. The molecule has 20 heavy (non-hydrogen) atoms. The smallest absolute Gasteiger partial charge is 0.260 e. The van der Waals surface area contributed by atoms with Gasteiger partial charge in [0.05, 0.1) is 19.3 Å². The number of ether oxygens (including phenoxy) is 2. The van der Waals surface area contributed by atoms with Gasteiger partial charge in [0.2, 0.25) is 0 Å². The maximum Gasteiger partial charge on any atom is 0.260 e. The Labute approximate surface area is 119 Å². The summed E-state index contributed by atoms with van der Waals surface area (Å²) in [5.41, 5.74) is 1.18. The number of carbonyl (C=O) groups excluding carboxylic acids is 1. The highest BCUT2D eigenvalue weighted by atomic mass is 16.5. The molecule has 0 aromatic heterocycles. The number of morpholine rings is 1. The van der Waals surface area contributed by atoms with Crippen LogP contribution in [-0.4, -0.2) is 54.9 Å². The molecule has 2 rings (SSSR count). The lowest BCUT2D eigenvalue weighted by molar-refractivity contribution is -0.142. The van der Waals surface area contributed by atoms with E-state index in [1.165, 1.54) is 5.56 Å². The zero-order valence-electron chi connectivity index (χ0n) is 11.7. The lowest BCUT2D eigenvalue weighted by atomic mass is 10.2. The molecule has 1 aliphatic rings. The summed E-state index contributed by atoms with van der Waals surface area (Å²) in [7, 11) is 0. The van der Waals surface area contributed by atoms with Crippen LogP contribution in [0.15, 0.2) is 24.3 Å². The minimum absolute atomic E-state index is 0.0192. The van der Waals surface area contributed by atoms with Gasteiger partial charge in [0.1, 0.15) is 5.75 Å². The molecule has 1 amide bonds. The van der Waals surface area contributed by atoms with Crippen LogP contribution in [0, 0.1) is 0 Å². The monoisotopic (exact) mass is 279 g/mol. The fourth-order valence-corrected chi connectivity index (χ4v) is 2.15. The second-order valence-electron chi connectivity index (χ2n) is 4.80. The van der Waals surface area contributed by atoms with E-state index in [2.05, 4.69) is 6.92 Å². The van der Waals surface area contributed by atoms with Gasteiger partial charge >= 0.3 is 0 Å². The molecule has 1 aromatic rings. The van der Waals surface area contributed by atoms with E-state index in [1.54, 1.807) is 4.90 Å². The fraction of sp³-hybridized carbons (Fsp3) is 0.533. The number of hydrogen-bond acceptors (Lipinski definition) is 4. The van der Waals surface area contributed by atoms with Gasteiger partial charge in [0.15, 0.2) is 6.61 Å². The molecule has 0 aliphatic carbocycles. The Balaban J connectivity index is 1.85. The van der Waals surface area contributed by atoms with Crippen molar-refractivity contribution in [3.05, 3.63) is 29.8 Å². The van der Waals surface area contributed by atoms with Crippen molar-refractivity contribution in [1.29, 1.82) is 0 Å². The minimum atomic E-state index is -0.281. The van der Waals surface area contributed by atoms with Crippen molar-refractivity contribution in [2.24, 2.45) is 0 Å². The van der Waals surface area contributed by atoms with E-state index in [0.717, 1.165) is 6.42 Å². The van der Waals surface area contributed by atoms with Crippen LogP contribution < -0.4 is 4.74 Å². The van der Waals surface area contributed by atoms with Crippen molar-refractivity contribution >= 4 is 5.91 Å². The average Bonchev–Trinajstić information content (AvgIpc) is 2.52. The second-order valence-corrected chi connectivity index (χ2v) is 4.80. The Kier molecular flexibility index (Phi) is 5.38. The van der Waals surface area contributed by atoms with Crippen molar-refractivity contribution in [2.75, 3.05) is 32.9 Å². The highest BCUT2D eigenvalue weighted by Crippen LogP contribution is 2.14. The third kappa shape index (κ3) is 3.95. The molecule has 1 aromatic carbocycles. The normalized spacial score (nSPS) is 18.9. The summed E-state index contributed by atoms with van der Waals surface area (Å²) < 4.78 is 10.9. The topological polar surface area (TPSA) is 59.0 Å². The predicted molar refractivity (Wildman–Crippen MR) is 74.7 cm³/mol. The Morgan fingerprint density at radius 2 is 2.40 bits per heavy atom. The summed E-state index contributed by atoms with van der Waals surface area (Å²) in [4.78, 5) is 13.7. The number of nitrogens with zero attached hydrogens (tertiary/aromatic N) is 1. The fourth-order valence-electron chi connectivity index (χ4n) is 2.15. The third-order valence-corrected chi connectivity index (χ3v) is 3.36. The molecule has 1 N–H and O–H groups in total. The number of rotatable bonds is 5. The van der Waals surface area contributed by atoms with Crippen LogP contribution in [0.3, 0.4) is 0 Å². The summed E-state index contributed by atoms with van der Waals surface area (Å²) in [5.74, 6) is 0.637. The van der Waals surface area contributed by atoms with Crippen LogP contribution in [0.4, 0.5) is 0 Å². The SMILES string of the molecule is CCc1cccc(OCC(=O)N2CCOC(CO)C2)c1. The molecule has 110 valence electrons. The zero-order valence-corrected chi connectivity index (χ0v) is 11.7. The molecule has 1 unspecified atom stereocenters.